The van der Waals surface area contributed by atoms with E-state index in [1.165, 1.54) is 6.42 Å². The van der Waals surface area contributed by atoms with Crippen LogP contribution in [-0.4, -0.2) is 21.0 Å². The van der Waals surface area contributed by atoms with Crippen LogP contribution in [0, 0.1) is 5.92 Å². The van der Waals surface area contributed by atoms with Crippen molar-refractivity contribution in [3.05, 3.63) is 34.9 Å². The van der Waals surface area contributed by atoms with E-state index >= 15 is 0 Å². The Hall–Kier alpha value is -0.670. The molecule has 3 unspecified atom stereocenters. The highest BCUT2D eigenvalue weighted by atomic mass is 35.5. The lowest BCUT2D eigenvalue weighted by molar-refractivity contribution is 0.102. The highest BCUT2D eigenvalue weighted by molar-refractivity contribution is 7.86. The Labute approximate surface area is 122 Å². The lowest BCUT2D eigenvalue weighted by Crippen LogP contribution is -2.27. The van der Waals surface area contributed by atoms with E-state index < -0.39 is 10.8 Å². The summed E-state index contributed by atoms with van der Waals surface area (Å²) in [5.74, 6) is 0.612. The Balaban J connectivity index is 1.99. The van der Waals surface area contributed by atoms with E-state index in [1.54, 1.807) is 24.3 Å². The summed E-state index contributed by atoms with van der Waals surface area (Å²) in [5, 5.41) is 0.622. The maximum Gasteiger partial charge on any atom is 0.176 e. The maximum absolute atomic E-state index is 12.3. The van der Waals surface area contributed by atoms with Crippen molar-refractivity contribution in [2.45, 2.75) is 37.9 Å². The monoisotopic (exact) mass is 298 g/mol. The highest BCUT2D eigenvalue weighted by Crippen LogP contribution is 2.27. The first-order valence-corrected chi connectivity index (χ1v) is 8.49. The molecule has 1 aromatic rings. The minimum absolute atomic E-state index is 0.0983. The Kier molecular flexibility index (Phi) is 5.17. The normalized spacial score (nSPS) is 24.9. The molecule has 1 aromatic carbocycles. The van der Waals surface area contributed by atoms with E-state index in [2.05, 4.69) is 6.92 Å². The van der Waals surface area contributed by atoms with Crippen molar-refractivity contribution < 1.29 is 9.00 Å². The molecule has 104 valence electrons. The molecule has 3 atom stereocenters. The first-order chi connectivity index (χ1) is 9.08. The third kappa shape index (κ3) is 3.90. The smallest absolute Gasteiger partial charge is 0.176 e. The van der Waals surface area contributed by atoms with Gasteiger partial charge in [-0.1, -0.05) is 43.5 Å². The van der Waals surface area contributed by atoms with Crippen molar-refractivity contribution in [3.8, 4) is 0 Å². The molecule has 0 radical (unpaired) electrons. The van der Waals surface area contributed by atoms with E-state index in [-0.39, 0.29) is 16.8 Å². The quantitative estimate of drug-likeness (QED) is 0.791. The van der Waals surface area contributed by atoms with E-state index in [4.69, 9.17) is 11.6 Å². The summed E-state index contributed by atoms with van der Waals surface area (Å²) in [4.78, 5) is 12.1. The summed E-state index contributed by atoms with van der Waals surface area (Å²) in [5.41, 5.74) is 0.487. The third-order valence-corrected chi connectivity index (χ3v) is 5.76. The average Bonchev–Trinajstić information content (AvgIpc) is 2.39. The molecule has 0 saturated heterocycles. The van der Waals surface area contributed by atoms with Gasteiger partial charge in [-0.05, 0) is 30.9 Å². The number of ketones is 1. The highest BCUT2D eigenvalue weighted by Gasteiger charge is 2.25. The second-order valence-electron chi connectivity index (χ2n) is 5.32. The molecular formula is C15H19ClO2S. The van der Waals surface area contributed by atoms with Crippen LogP contribution in [0.25, 0.3) is 0 Å². The van der Waals surface area contributed by atoms with E-state index in [9.17, 15) is 9.00 Å². The van der Waals surface area contributed by atoms with Crippen LogP contribution in [0.3, 0.4) is 0 Å². The zero-order valence-electron chi connectivity index (χ0n) is 11.1. The van der Waals surface area contributed by atoms with Gasteiger partial charge in [0.25, 0.3) is 0 Å². The van der Waals surface area contributed by atoms with Crippen molar-refractivity contribution in [2.24, 2.45) is 5.92 Å². The summed E-state index contributed by atoms with van der Waals surface area (Å²) in [6, 6.07) is 6.97. The van der Waals surface area contributed by atoms with Crippen molar-refractivity contribution in [1.29, 1.82) is 0 Å². The summed E-state index contributed by atoms with van der Waals surface area (Å²) in [6.07, 6.45) is 4.29. The van der Waals surface area contributed by atoms with E-state index in [0.717, 1.165) is 19.3 Å². The average molecular weight is 299 g/mol. The fourth-order valence-corrected chi connectivity index (χ4v) is 4.49. The van der Waals surface area contributed by atoms with Crippen molar-refractivity contribution >= 4 is 28.2 Å². The molecule has 1 fully saturated rings. The summed E-state index contributed by atoms with van der Waals surface area (Å²) >= 11 is 5.99. The van der Waals surface area contributed by atoms with Gasteiger partial charge in [-0.25, -0.2) is 0 Å². The second-order valence-corrected chi connectivity index (χ2v) is 7.45. The summed E-state index contributed by atoms with van der Waals surface area (Å²) in [7, 11) is -1.07. The first kappa shape index (κ1) is 14.7. The Morgan fingerprint density at radius 2 is 2.11 bits per heavy atom. The molecular weight excluding hydrogens is 280 g/mol. The first-order valence-electron chi connectivity index (χ1n) is 6.73. The topological polar surface area (TPSA) is 34.1 Å². The number of hydrogen-bond donors (Lipinski definition) is 0. The fraction of sp³-hybridized carbons (Fsp3) is 0.533. The number of carbonyl (C=O) groups excluding carboxylic acids is 1. The van der Waals surface area contributed by atoms with Gasteiger partial charge in [-0.15, -0.1) is 0 Å². The SMILES string of the molecule is CC1CCCC(S(=O)CC(=O)c2ccccc2Cl)C1. The molecule has 2 rings (SSSR count). The van der Waals surface area contributed by atoms with Crippen LogP contribution in [0.1, 0.15) is 43.0 Å². The standard InChI is InChI=1S/C15H19ClO2S/c1-11-5-4-6-12(9-11)19(18)10-15(17)13-7-2-3-8-14(13)16/h2-3,7-8,11-12H,4-6,9-10H2,1H3. The van der Waals surface area contributed by atoms with Gasteiger partial charge in [0, 0.05) is 21.6 Å². The molecule has 19 heavy (non-hydrogen) atoms. The predicted octanol–water partition coefficient (Wildman–Crippen LogP) is 3.85. The molecule has 0 bridgehead atoms. The number of halogens is 1. The van der Waals surface area contributed by atoms with Crippen LogP contribution in [0.2, 0.25) is 5.02 Å². The molecule has 0 aromatic heterocycles. The van der Waals surface area contributed by atoms with Gasteiger partial charge in [0.2, 0.25) is 0 Å². The number of benzene rings is 1. The van der Waals surface area contributed by atoms with Gasteiger partial charge in [-0.2, -0.15) is 0 Å². The number of Topliss-reactive ketones (excluding diaryl/α,β-unsaturated/α-hetero) is 1. The zero-order chi connectivity index (χ0) is 13.8. The predicted molar refractivity (Wildman–Crippen MR) is 80.2 cm³/mol. The van der Waals surface area contributed by atoms with Crippen LogP contribution < -0.4 is 0 Å². The molecule has 0 amide bonds. The number of hydrogen-bond acceptors (Lipinski definition) is 2. The minimum Gasteiger partial charge on any atom is -0.293 e. The van der Waals surface area contributed by atoms with E-state index in [1.807, 2.05) is 0 Å². The van der Waals surface area contributed by atoms with Gasteiger partial charge in [0.15, 0.2) is 5.78 Å². The molecule has 0 spiro atoms. The molecule has 1 aliphatic carbocycles. The molecule has 4 heteroatoms. The van der Waals surface area contributed by atoms with Crippen molar-refractivity contribution in [2.75, 3.05) is 5.75 Å². The largest absolute Gasteiger partial charge is 0.293 e. The van der Waals surface area contributed by atoms with E-state index in [0.29, 0.717) is 16.5 Å². The van der Waals surface area contributed by atoms with Gasteiger partial charge < -0.3 is 0 Å². The fourth-order valence-electron chi connectivity index (χ4n) is 2.63. The molecule has 0 heterocycles. The maximum atomic E-state index is 12.3. The molecule has 1 saturated carbocycles. The molecule has 2 nitrogen and oxygen atoms in total. The second kappa shape index (κ2) is 6.67. The van der Waals surface area contributed by atoms with Gasteiger partial charge >= 0.3 is 0 Å². The van der Waals surface area contributed by atoms with Crippen molar-refractivity contribution in [3.63, 3.8) is 0 Å². The summed E-state index contributed by atoms with van der Waals surface area (Å²) < 4.78 is 12.3. The van der Waals surface area contributed by atoms with Crippen molar-refractivity contribution in [1.82, 2.24) is 0 Å². The molecule has 1 aliphatic rings. The Morgan fingerprint density at radius 1 is 1.37 bits per heavy atom. The third-order valence-electron chi connectivity index (χ3n) is 3.71. The van der Waals surface area contributed by atoms with Crippen LogP contribution in [0.15, 0.2) is 24.3 Å². The van der Waals surface area contributed by atoms with Gasteiger partial charge in [0.05, 0.1) is 10.8 Å². The lowest BCUT2D eigenvalue weighted by atomic mass is 9.91. The van der Waals surface area contributed by atoms with Crippen LogP contribution in [0.4, 0.5) is 0 Å². The Bertz CT molecular complexity index is 487. The van der Waals surface area contributed by atoms with Crippen LogP contribution >= 0.6 is 11.6 Å². The number of carbonyl (C=O) groups is 1. The summed E-state index contributed by atoms with van der Waals surface area (Å²) in [6.45, 7) is 2.19. The molecule has 0 N–H and O–H groups in total. The zero-order valence-corrected chi connectivity index (χ0v) is 12.7. The van der Waals surface area contributed by atoms with Crippen LogP contribution in [0.5, 0.6) is 0 Å². The van der Waals surface area contributed by atoms with Crippen LogP contribution in [-0.2, 0) is 10.8 Å². The lowest BCUT2D eigenvalue weighted by Gasteiger charge is -2.25. The van der Waals surface area contributed by atoms with Gasteiger partial charge in [-0.3, -0.25) is 9.00 Å². The Morgan fingerprint density at radius 3 is 2.79 bits per heavy atom. The minimum atomic E-state index is -1.07. The van der Waals surface area contributed by atoms with Gasteiger partial charge in [0.1, 0.15) is 0 Å². The number of rotatable bonds is 4. The molecule has 0 aliphatic heterocycles.